The van der Waals surface area contributed by atoms with E-state index >= 15 is 0 Å². The summed E-state index contributed by atoms with van der Waals surface area (Å²) in [5.41, 5.74) is 1.23. The second kappa shape index (κ2) is 6.02. The maximum absolute atomic E-state index is 4.51. The molecule has 1 unspecified atom stereocenters. The second-order valence-corrected chi connectivity index (χ2v) is 6.34. The first-order valence-electron chi connectivity index (χ1n) is 6.58. The molecule has 1 saturated heterocycles. The van der Waals surface area contributed by atoms with Gasteiger partial charge in [0.2, 0.25) is 0 Å². The highest BCUT2D eigenvalue weighted by molar-refractivity contribution is 9.10. The zero-order chi connectivity index (χ0) is 13.1. The molecule has 18 heavy (non-hydrogen) atoms. The van der Waals surface area contributed by atoms with Crippen LogP contribution in [0.25, 0.3) is 0 Å². The molecule has 0 saturated carbocycles. The van der Waals surface area contributed by atoms with Crippen molar-refractivity contribution < 1.29 is 0 Å². The Kier molecular flexibility index (Phi) is 4.62. The SMILES string of the molecule is Cc1cc(Br)cnc1N(C)CCC1CCN(C)C1. The van der Waals surface area contributed by atoms with Crippen LogP contribution in [0.5, 0.6) is 0 Å². The summed E-state index contributed by atoms with van der Waals surface area (Å²) >= 11 is 3.46. The minimum absolute atomic E-state index is 0.855. The monoisotopic (exact) mass is 311 g/mol. The van der Waals surface area contributed by atoms with Crippen LogP contribution in [-0.2, 0) is 0 Å². The van der Waals surface area contributed by atoms with Crippen LogP contribution in [0, 0.1) is 12.8 Å². The van der Waals surface area contributed by atoms with Crippen molar-refractivity contribution in [1.29, 1.82) is 0 Å². The molecule has 2 heterocycles. The number of hydrogen-bond acceptors (Lipinski definition) is 3. The van der Waals surface area contributed by atoms with Gasteiger partial charge in [0.1, 0.15) is 5.82 Å². The van der Waals surface area contributed by atoms with Crippen molar-refractivity contribution in [3.63, 3.8) is 0 Å². The minimum Gasteiger partial charge on any atom is -0.359 e. The summed E-state index contributed by atoms with van der Waals surface area (Å²) in [6, 6.07) is 2.13. The predicted octanol–water partition coefficient (Wildman–Crippen LogP) is 2.93. The lowest BCUT2D eigenvalue weighted by molar-refractivity contribution is 0.389. The average molecular weight is 312 g/mol. The van der Waals surface area contributed by atoms with E-state index < -0.39 is 0 Å². The van der Waals surface area contributed by atoms with Gasteiger partial charge in [-0.25, -0.2) is 4.98 Å². The van der Waals surface area contributed by atoms with E-state index in [1.807, 2.05) is 6.20 Å². The van der Waals surface area contributed by atoms with E-state index in [1.54, 1.807) is 0 Å². The Morgan fingerprint density at radius 1 is 1.56 bits per heavy atom. The zero-order valence-corrected chi connectivity index (χ0v) is 13.1. The molecule has 0 N–H and O–H groups in total. The molecular formula is C14H22BrN3. The van der Waals surface area contributed by atoms with Crippen LogP contribution < -0.4 is 4.90 Å². The lowest BCUT2D eigenvalue weighted by Crippen LogP contribution is -2.23. The Labute approximate surface area is 118 Å². The molecule has 100 valence electrons. The van der Waals surface area contributed by atoms with E-state index in [2.05, 4.69) is 57.8 Å². The number of aryl methyl sites for hydroxylation is 1. The third-order valence-corrected chi connectivity index (χ3v) is 4.17. The van der Waals surface area contributed by atoms with Gasteiger partial charge in [-0.15, -0.1) is 0 Å². The van der Waals surface area contributed by atoms with Crippen molar-refractivity contribution in [3.8, 4) is 0 Å². The van der Waals surface area contributed by atoms with Gasteiger partial charge < -0.3 is 9.80 Å². The normalized spacial score (nSPS) is 20.3. The quantitative estimate of drug-likeness (QED) is 0.852. The maximum Gasteiger partial charge on any atom is 0.131 e. The van der Waals surface area contributed by atoms with Gasteiger partial charge in [-0.1, -0.05) is 0 Å². The standard InChI is InChI=1S/C14H22BrN3/c1-11-8-13(15)9-16-14(11)18(3)7-5-12-4-6-17(2)10-12/h8-9,12H,4-7,10H2,1-3H3. The molecule has 1 atom stereocenters. The molecule has 3 nitrogen and oxygen atoms in total. The van der Waals surface area contributed by atoms with Gasteiger partial charge in [0, 0.05) is 30.8 Å². The smallest absolute Gasteiger partial charge is 0.131 e. The van der Waals surface area contributed by atoms with E-state index in [1.165, 1.54) is 31.5 Å². The van der Waals surface area contributed by atoms with Gasteiger partial charge in [-0.3, -0.25) is 0 Å². The third kappa shape index (κ3) is 3.45. The average Bonchev–Trinajstić information content (AvgIpc) is 2.72. The molecular weight excluding hydrogens is 290 g/mol. The summed E-state index contributed by atoms with van der Waals surface area (Å²) in [5.74, 6) is 1.96. The van der Waals surface area contributed by atoms with E-state index in [-0.39, 0.29) is 0 Å². The molecule has 1 aliphatic rings. The van der Waals surface area contributed by atoms with E-state index in [9.17, 15) is 0 Å². The van der Waals surface area contributed by atoms with Gasteiger partial charge >= 0.3 is 0 Å². The van der Waals surface area contributed by atoms with Crippen molar-refractivity contribution in [2.24, 2.45) is 5.92 Å². The van der Waals surface area contributed by atoms with Gasteiger partial charge in [-0.05, 0) is 66.8 Å². The molecule has 0 bridgehead atoms. The molecule has 1 aromatic rings. The highest BCUT2D eigenvalue weighted by Gasteiger charge is 2.19. The van der Waals surface area contributed by atoms with E-state index in [0.717, 1.165) is 22.8 Å². The van der Waals surface area contributed by atoms with E-state index in [0.29, 0.717) is 0 Å². The first kappa shape index (κ1) is 13.8. The Morgan fingerprint density at radius 2 is 2.33 bits per heavy atom. The summed E-state index contributed by atoms with van der Waals surface area (Å²) in [5, 5.41) is 0. The maximum atomic E-state index is 4.51. The van der Waals surface area contributed by atoms with Crippen LogP contribution in [0.2, 0.25) is 0 Å². The Bertz CT molecular complexity index is 408. The Balaban J connectivity index is 1.89. The molecule has 1 fully saturated rings. The van der Waals surface area contributed by atoms with Gasteiger partial charge in [0.05, 0.1) is 0 Å². The fraction of sp³-hybridized carbons (Fsp3) is 0.643. The largest absolute Gasteiger partial charge is 0.359 e. The number of nitrogens with zero attached hydrogens (tertiary/aromatic N) is 3. The first-order chi connectivity index (χ1) is 8.56. The summed E-state index contributed by atoms with van der Waals surface area (Å²) in [6.07, 6.45) is 4.48. The zero-order valence-electron chi connectivity index (χ0n) is 11.5. The van der Waals surface area contributed by atoms with Crippen molar-refractivity contribution in [1.82, 2.24) is 9.88 Å². The van der Waals surface area contributed by atoms with Crippen LogP contribution in [0.1, 0.15) is 18.4 Å². The van der Waals surface area contributed by atoms with Crippen LogP contribution >= 0.6 is 15.9 Å². The van der Waals surface area contributed by atoms with Crippen LogP contribution in [0.3, 0.4) is 0 Å². The van der Waals surface area contributed by atoms with Crippen molar-refractivity contribution in [2.45, 2.75) is 19.8 Å². The van der Waals surface area contributed by atoms with Crippen molar-refractivity contribution in [3.05, 3.63) is 22.3 Å². The third-order valence-electron chi connectivity index (χ3n) is 3.74. The summed E-state index contributed by atoms with van der Waals surface area (Å²) in [4.78, 5) is 9.21. The predicted molar refractivity (Wildman–Crippen MR) is 80.2 cm³/mol. The number of hydrogen-bond donors (Lipinski definition) is 0. The van der Waals surface area contributed by atoms with Crippen molar-refractivity contribution >= 4 is 21.7 Å². The molecule has 0 aromatic carbocycles. The second-order valence-electron chi connectivity index (χ2n) is 5.42. The summed E-state index contributed by atoms with van der Waals surface area (Å²) < 4.78 is 1.05. The van der Waals surface area contributed by atoms with Crippen LogP contribution in [0.4, 0.5) is 5.82 Å². The van der Waals surface area contributed by atoms with Gasteiger partial charge in [0.15, 0.2) is 0 Å². The minimum atomic E-state index is 0.855. The summed E-state index contributed by atoms with van der Waals surface area (Å²) in [6.45, 7) is 5.71. The Morgan fingerprint density at radius 3 is 2.94 bits per heavy atom. The lowest BCUT2D eigenvalue weighted by atomic mass is 10.0. The molecule has 0 radical (unpaired) electrons. The number of halogens is 1. The van der Waals surface area contributed by atoms with Crippen LogP contribution in [0.15, 0.2) is 16.7 Å². The Hall–Kier alpha value is -0.610. The fourth-order valence-corrected chi connectivity index (χ4v) is 3.12. The van der Waals surface area contributed by atoms with E-state index in [4.69, 9.17) is 0 Å². The highest BCUT2D eigenvalue weighted by atomic mass is 79.9. The molecule has 0 aliphatic carbocycles. The highest BCUT2D eigenvalue weighted by Crippen LogP contribution is 2.22. The summed E-state index contributed by atoms with van der Waals surface area (Å²) in [7, 11) is 4.35. The number of pyridine rings is 1. The number of rotatable bonds is 4. The van der Waals surface area contributed by atoms with Gasteiger partial charge in [-0.2, -0.15) is 0 Å². The molecule has 0 spiro atoms. The molecule has 1 aliphatic heterocycles. The fourth-order valence-electron chi connectivity index (χ4n) is 2.68. The van der Waals surface area contributed by atoms with Crippen molar-refractivity contribution in [2.75, 3.05) is 38.6 Å². The lowest BCUT2D eigenvalue weighted by Gasteiger charge is -2.22. The first-order valence-corrected chi connectivity index (χ1v) is 7.37. The topological polar surface area (TPSA) is 19.4 Å². The molecule has 2 rings (SSSR count). The number of anilines is 1. The number of likely N-dealkylation sites (tertiary alicyclic amines) is 1. The molecule has 1 aromatic heterocycles. The molecule has 4 heteroatoms. The van der Waals surface area contributed by atoms with Gasteiger partial charge in [0.25, 0.3) is 0 Å². The number of aromatic nitrogens is 1. The van der Waals surface area contributed by atoms with Crippen LogP contribution in [-0.4, -0.2) is 43.6 Å². The molecule has 0 amide bonds.